The molecule has 0 saturated heterocycles. The van der Waals surface area contributed by atoms with Crippen molar-refractivity contribution in [2.24, 2.45) is 0 Å². The number of anilines is 1. The fourth-order valence-corrected chi connectivity index (χ4v) is 3.97. The number of benzene rings is 1. The molecule has 1 fully saturated rings. The summed E-state index contributed by atoms with van der Waals surface area (Å²) in [6, 6.07) is 3.16. The third kappa shape index (κ3) is 4.15. The van der Waals surface area contributed by atoms with E-state index in [1.54, 1.807) is 0 Å². The van der Waals surface area contributed by atoms with Gasteiger partial charge < -0.3 is 5.32 Å². The quantitative estimate of drug-likeness (QED) is 0.640. The van der Waals surface area contributed by atoms with Crippen LogP contribution in [-0.2, 0) is 9.84 Å². The van der Waals surface area contributed by atoms with Crippen LogP contribution in [0.2, 0.25) is 0 Å². The van der Waals surface area contributed by atoms with Crippen molar-refractivity contribution < 1.29 is 18.3 Å². The van der Waals surface area contributed by atoms with E-state index in [2.05, 4.69) is 5.32 Å². The standard InChI is InChI=1S/C13H17N3O6S/c1-23(21,22)11-4-2-3-9(7-11)14-12-6-5-10(15(17)18)8-13(12)16(19)20/h5-6,8-9,11,14H,2-4,7H2,1H3. The van der Waals surface area contributed by atoms with E-state index < -0.39 is 24.9 Å². The largest absolute Gasteiger partial charge is 0.377 e. The Bertz CT molecular complexity index is 733. The van der Waals surface area contributed by atoms with Crippen molar-refractivity contribution in [1.82, 2.24) is 0 Å². The fourth-order valence-electron chi connectivity index (χ4n) is 2.79. The SMILES string of the molecule is CS(=O)(=O)C1CCCC(Nc2ccc([N+](=O)[O-])cc2[N+](=O)[O-])C1. The number of rotatable bonds is 5. The number of non-ortho nitro benzene ring substituents is 1. The minimum Gasteiger partial charge on any atom is -0.377 e. The monoisotopic (exact) mass is 343 g/mol. The van der Waals surface area contributed by atoms with Crippen molar-refractivity contribution in [3.8, 4) is 0 Å². The van der Waals surface area contributed by atoms with Gasteiger partial charge in [0.2, 0.25) is 0 Å². The predicted octanol–water partition coefficient (Wildman–Crippen LogP) is 2.27. The normalized spacial score (nSPS) is 21.6. The Morgan fingerprint density at radius 1 is 1.17 bits per heavy atom. The van der Waals surface area contributed by atoms with Crippen LogP contribution in [0.5, 0.6) is 0 Å². The van der Waals surface area contributed by atoms with Gasteiger partial charge in [-0.15, -0.1) is 0 Å². The zero-order valence-corrected chi connectivity index (χ0v) is 13.3. The van der Waals surface area contributed by atoms with Crippen molar-refractivity contribution in [1.29, 1.82) is 0 Å². The summed E-state index contributed by atoms with van der Waals surface area (Å²) < 4.78 is 23.3. The minimum atomic E-state index is -3.16. The molecular weight excluding hydrogens is 326 g/mol. The maximum Gasteiger partial charge on any atom is 0.299 e. The molecule has 2 unspecified atom stereocenters. The third-order valence-corrected chi connectivity index (χ3v) is 5.62. The first-order valence-electron chi connectivity index (χ1n) is 7.06. The van der Waals surface area contributed by atoms with Gasteiger partial charge in [0, 0.05) is 18.4 Å². The molecule has 0 aromatic heterocycles. The smallest absolute Gasteiger partial charge is 0.299 e. The molecule has 2 rings (SSSR count). The second-order valence-corrected chi connectivity index (χ2v) is 8.00. The zero-order valence-electron chi connectivity index (χ0n) is 12.5. The summed E-state index contributed by atoms with van der Waals surface area (Å²) in [4.78, 5) is 20.4. The van der Waals surface area contributed by atoms with Gasteiger partial charge >= 0.3 is 0 Å². The van der Waals surface area contributed by atoms with Crippen LogP contribution in [0.15, 0.2) is 18.2 Å². The number of nitro benzene ring substituents is 2. The maximum absolute atomic E-state index is 11.7. The van der Waals surface area contributed by atoms with Crippen LogP contribution < -0.4 is 5.32 Å². The molecular formula is C13H17N3O6S. The van der Waals surface area contributed by atoms with Crippen LogP contribution in [0.4, 0.5) is 17.1 Å². The van der Waals surface area contributed by atoms with Crippen LogP contribution in [0.25, 0.3) is 0 Å². The Labute approximate surface area is 132 Å². The molecule has 0 radical (unpaired) electrons. The van der Waals surface area contributed by atoms with Gasteiger partial charge in [-0.2, -0.15) is 0 Å². The number of hydrogen-bond acceptors (Lipinski definition) is 7. The van der Waals surface area contributed by atoms with Crippen LogP contribution in [0, 0.1) is 20.2 Å². The second-order valence-electron chi connectivity index (χ2n) is 5.68. The Morgan fingerprint density at radius 3 is 2.43 bits per heavy atom. The van der Waals surface area contributed by atoms with Crippen LogP contribution in [-0.4, -0.2) is 35.8 Å². The number of nitro groups is 2. The topological polar surface area (TPSA) is 132 Å². The molecule has 2 atom stereocenters. The molecule has 1 aliphatic carbocycles. The first kappa shape index (κ1) is 17.1. The molecule has 0 amide bonds. The highest BCUT2D eigenvalue weighted by Crippen LogP contribution is 2.32. The minimum absolute atomic E-state index is 0.166. The lowest BCUT2D eigenvalue weighted by Crippen LogP contribution is -2.34. The van der Waals surface area contributed by atoms with Gasteiger partial charge in [0.05, 0.1) is 21.2 Å². The average Bonchev–Trinajstić information content (AvgIpc) is 2.46. The van der Waals surface area contributed by atoms with E-state index in [1.807, 2.05) is 0 Å². The summed E-state index contributed by atoms with van der Waals surface area (Å²) >= 11 is 0. The molecule has 9 nitrogen and oxygen atoms in total. The Balaban J connectivity index is 2.22. The molecule has 126 valence electrons. The van der Waals surface area contributed by atoms with Gasteiger partial charge in [0.1, 0.15) is 15.5 Å². The van der Waals surface area contributed by atoms with E-state index in [0.717, 1.165) is 6.07 Å². The zero-order chi connectivity index (χ0) is 17.2. The summed E-state index contributed by atoms with van der Waals surface area (Å²) in [5.74, 6) is 0. The van der Waals surface area contributed by atoms with Crippen molar-refractivity contribution in [2.45, 2.75) is 37.0 Å². The van der Waals surface area contributed by atoms with Gasteiger partial charge in [-0.1, -0.05) is 6.42 Å². The first-order valence-corrected chi connectivity index (χ1v) is 9.02. The third-order valence-electron chi connectivity index (χ3n) is 3.98. The van der Waals surface area contributed by atoms with Crippen molar-refractivity contribution in [3.05, 3.63) is 38.4 Å². The van der Waals surface area contributed by atoms with Gasteiger partial charge in [0.15, 0.2) is 0 Å². The molecule has 23 heavy (non-hydrogen) atoms. The molecule has 1 N–H and O–H groups in total. The number of hydrogen-bond donors (Lipinski definition) is 1. The summed E-state index contributed by atoms with van der Waals surface area (Å²) in [7, 11) is -3.16. The molecule has 1 aromatic carbocycles. The van der Waals surface area contributed by atoms with E-state index in [9.17, 15) is 28.6 Å². The Morgan fingerprint density at radius 2 is 1.87 bits per heavy atom. The highest BCUT2D eigenvalue weighted by atomic mass is 32.2. The lowest BCUT2D eigenvalue weighted by molar-refractivity contribution is -0.393. The lowest BCUT2D eigenvalue weighted by Gasteiger charge is -2.29. The molecule has 1 saturated carbocycles. The van der Waals surface area contributed by atoms with E-state index >= 15 is 0 Å². The number of sulfone groups is 1. The molecule has 0 bridgehead atoms. The number of nitrogens with one attached hydrogen (secondary N) is 1. The summed E-state index contributed by atoms with van der Waals surface area (Å²) in [6.45, 7) is 0. The van der Waals surface area contributed by atoms with Gasteiger partial charge in [-0.3, -0.25) is 20.2 Å². The molecule has 1 aromatic rings. The van der Waals surface area contributed by atoms with E-state index in [1.165, 1.54) is 18.4 Å². The van der Waals surface area contributed by atoms with Gasteiger partial charge in [-0.25, -0.2) is 8.42 Å². The van der Waals surface area contributed by atoms with E-state index in [-0.39, 0.29) is 23.1 Å². The maximum atomic E-state index is 11.7. The van der Waals surface area contributed by atoms with Crippen molar-refractivity contribution in [3.63, 3.8) is 0 Å². The molecule has 1 aliphatic rings. The summed E-state index contributed by atoms with van der Waals surface area (Å²) in [5, 5.41) is 24.3. The van der Waals surface area contributed by atoms with E-state index in [0.29, 0.717) is 25.7 Å². The molecule has 10 heteroatoms. The average molecular weight is 343 g/mol. The molecule has 0 spiro atoms. The highest BCUT2D eigenvalue weighted by molar-refractivity contribution is 7.91. The van der Waals surface area contributed by atoms with Gasteiger partial charge in [0.25, 0.3) is 11.4 Å². The molecule has 0 aliphatic heterocycles. The number of nitrogens with zero attached hydrogens (tertiary/aromatic N) is 2. The Hall–Kier alpha value is -2.23. The predicted molar refractivity (Wildman–Crippen MR) is 84.3 cm³/mol. The summed E-state index contributed by atoms with van der Waals surface area (Å²) in [6.07, 6.45) is 3.54. The van der Waals surface area contributed by atoms with Crippen molar-refractivity contribution in [2.75, 3.05) is 11.6 Å². The lowest BCUT2D eigenvalue weighted by atomic mass is 9.94. The first-order chi connectivity index (χ1) is 10.7. The van der Waals surface area contributed by atoms with Crippen molar-refractivity contribution >= 4 is 26.9 Å². The van der Waals surface area contributed by atoms with Crippen LogP contribution in [0.1, 0.15) is 25.7 Å². The second kappa shape index (κ2) is 6.49. The van der Waals surface area contributed by atoms with Crippen LogP contribution in [0.3, 0.4) is 0 Å². The van der Waals surface area contributed by atoms with E-state index in [4.69, 9.17) is 0 Å². The Kier molecular flexibility index (Phi) is 4.83. The van der Waals surface area contributed by atoms with Gasteiger partial charge in [-0.05, 0) is 25.3 Å². The highest BCUT2D eigenvalue weighted by Gasteiger charge is 2.30. The molecule has 0 heterocycles. The van der Waals surface area contributed by atoms with Crippen LogP contribution >= 0.6 is 0 Å². The summed E-state index contributed by atoms with van der Waals surface area (Å²) in [5.41, 5.74) is -0.583. The fraction of sp³-hybridized carbons (Fsp3) is 0.538.